The lowest BCUT2D eigenvalue weighted by Crippen LogP contribution is -2.42. The quantitative estimate of drug-likeness (QED) is 0.922. The highest BCUT2D eigenvalue weighted by Gasteiger charge is 2.36. The topological polar surface area (TPSA) is 66.5 Å². The van der Waals surface area contributed by atoms with Crippen LogP contribution >= 0.6 is 0 Å². The van der Waals surface area contributed by atoms with Crippen molar-refractivity contribution in [2.75, 3.05) is 18.1 Å². The SMILES string of the molecule is Cc1ccc(NC(=O)[C@@H]2CCCN2S(C)(=O)=O)c(C)c1. The highest BCUT2D eigenvalue weighted by Crippen LogP contribution is 2.23. The van der Waals surface area contributed by atoms with Crippen LogP contribution in [0.15, 0.2) is 18.2 Å². The maximum atomic E-state index is 12.3. The van der Waals surface area contributed by atoms with E-state index in [0.29, 0.717) is 13.0 Å². The molecule has 0 bridgehead atoms. The van der Waals surface area contributed by atoms with Gasteiger partial charge in [0.1, 0.15) is 6.04 Å². The third-order valence-electron chi connectivity index (χ3n) is 3.57. The second-order valence-electron chi connectivity index (χ2n) is 5.34. The van der Waals surface area contributed by atoms with Crippen LogP contribution in [0, 0.1) is 13.8 Å². The Morgan fingerprint density at radius 3 is 2.65 bits per heavy atom. The Kier molecular flexibility index (Phi) is 4.15. The summed E-state index contributed by atoms with van der Waals surface area (Å²) in [6, 6.07) is 5.16. The zero-order valence-electron chi connectivity index (χ0n) is 12.0. The number of anilines is 1. The maximum absolute atomic E-state index is 12.3. The molecule has 1 fully saturated rings. The smallest absolute Gasteiger partial charge is 0.242 e. The minimum Gasteiger partial charge on any atom is -0.324 e. The monoisotopic (exact) mass is 296 g/mol. The largest absolute Gasteiger partial charge is 0.324 e. The number of benzene rings is 1. The van der Waals surface area contributed by atoms with Crippen molar-refractivity contribution >= 4 is 21.6 Å². The molecule has 0 saturated carbocycles. The Morgan fingerprint density at radius 1 is 1.35 bits per heavy atom. The highest BCUT2D eigenvalue weighted by molar-refractivity contribution is 7.88. The fourth-order valence-electron chi connectivity index (χ4n) is 2.57. The molecule has 0 spiro atoms. The first-order valence-electron chi connectivity index (χ1n) is 6.64. The second kappa shape index (κ2) is 5.54. The molecule has 0 aromatic heterocycles. The van der Waals surface area contributed by atoms with E-state index < -0.39 is 16.1 Å². The molecule has 1 aliphatic heterocycles. The zero-order valence-corrected chi connectivity index (χ0v) is 12.8. The number of nitrogens with one attached hydrogen (secondary N) is 1. The average molecular weight is 296 g/mol. The lowest BCUT2D eigenvalue weighted by molar-refractivity contribution is -0.119. The number of hydrogen-bond acceptors (Lipinski definition) is 3. The molecule has 1 atom stereocenters. The van der Waals surface area contributed by atoms with Gasteiger partial charge in [0.25, 0.3) is 0 Å². The number of carbonyl (C=O) groups is 1. The van der Waals surface area contributed by atoms with Gasteiger partial charge < -0.3 is 5.32 Å². The number of amides is 1. The molecular formula is C14H20N2O3S. The van der Waals surface area contributed by atoms with Crippen LogP contribution in [0.2, 0.25) is 0 Å². The van der Waals surface area contributed by atoms with Gasteiger partial charge >= 0.3 is 0 Å². The number of nitrogens with zero attached hydrogens (tertiary/aromatic N) is 1. The Bertz CT molecular complexity index is 625. The molecule has 0 aliphatic carbocycles. The van der Waals surface area contributed by atoms with Gasteiger partial charge in [0, 0.05) is 12.2 Å². The molecule has 5 nitrogen and oxygen atoms in total. The fourth-order valence-corrected chi connectivity index (χ4v) is 3.69. The minimum atomic E-state index is -3.33. The molecule has 2 rings (SSSR count). The van der Waals surface area contributed by atoms with Crippen LogP contribution < -0.4 is 5.32 Å². The molecule has 110 valence electrons. The summed E-state index contributed by atoms with van der Waals surface area (Å²) in [6.07, 6.45) is 2.44. The van der Waals surface area contributed by atoms with Gasteiger partial charge in [-0.25, -0.2) is 8.42 Å². The summed E-state index contributed by atoms with van der Waals surface area (Å²) < 4.78 is 24.6. The number of sulfonamides is 1. The van der Waals surface area contributed by atoms with Crippen LogP contribution in [-0.4, -0.2) is 37.5 Å². The van der Waals surface area contributed by atoms with Gasteiger partial charge in [0.05, 0.1) is 6.26 Å². The van der Waals surface area contributed by atoms with Crippen LogP contribution in [0.25, 0.3) is 0 Å². The van der Waals surface area contributed by atoms with E-state index >= 15 is 0 Å². The molecule has 1 heterocycles. The summed E-state index contributed by atoms with van der Waals surface area (Å²) in [5, 5.41) is 2.84. The van der Waals surface area contributed by atoms with Crippen molar-refractivity contribution in [1.29, 1.82) is 0 Å². The van der Waals surface area contributed by atoms with Gasteiger partial charge in [0.15, 0.2) is 0 Å². The zero-order chi connectivity index (χ0) is 14.9. The van der Waals surface area contributed by atoms with Gasteiger partial charge in [-0.2, -0.15) is 4.31 Å². The Morgan fingerprint density at radius 2 is 2.05 bits per heavy atom. The third-order valence-corrected chi connectivity index (χ3v) is 4.86. The third kappa shape index (κ3) is 3.19. The maximum Gasteiger partial charge on any atom is 0.242 e. The van der Waals surface area contributed by atoms with Crippen molar-refractivity contribution in [1.82, 2.24) is 4.31 Å². The van der Waals surface area contributed by atoms with Crippen molar-refractivity contribution in [2.24, 2.45) is 0 Å². The Balaban J connectivity index is 2.16. The number of carbonyl (C=O) groups excluding carboxylic acids is 1. The summed E-state index contributed by atoms with van der Waals surface area (Å²) in [5.74, 6) is -0.250. The predicted molar refractivity (Wildman–Crippen MR) is 79.1 cm³/mol. The van der Waals surface area contributed by atoms with Gasteiger partial charge in [-0.05, 0) is 38.3 Å². The van der Waals surface area contributed by atoms with E-state index in [1.54, 1.807) is 0 Å². The molecule has 0 unspecified atom stereocenters. The van der Waals surface area contributed by atoms with E-state index in [0.717, 1.165) is 29.5 Å². The average Bonchev–Trinajstić information content (AvgIpc) is 2.81. The molecule has 1 aromatic rings. The lowest BCUT2D eigenvalue weighted by Gasteiger charge is -2.21. The molecule has 0 radical (unpaired) electrons. The van der Waals surface area contributed by atoms with Crippen molar-refractivity contribution in [3.05, 3.63) is 29.3 Å². The predicted octanol–water partition coefficient (Wildman–Crippen LogP) is 1.67. The molecule has 1 aromatic carbocycles. The van der Waals surface area contributed by atoms with E-state index in [9.17, 15) is 13.2 Å². The van der Waals surface area contributed by atoms with Crippen LogP contribution in [-0.2, 0) is 14.8 Å². The first-order chi connectivity index (χ1) is 9.29. The molecule has 1 saturated heterocycles. The Labute approximate surface area is 120 Å². The van der Waals surface area contributed by atoms with E-state index in [2.05, 4.69) is 5.32 Å². The second-order valence-corrected chi connectivity index (χ2v) is 7.27. The lowest BCUT2D eigenvalue weighted by atomic mass is 10.1. The summed E-state index contributed by atoms with van der Waals surface area (Å²) in [6.45, 7) is 4.33. The van der Waals surface area contributed by atoms with E-state index in [4.69, 9.17) is 0 Å². The molecule has 1 N–H and O–H groups in total. The van der Waals surface area contributed by atoms with E-state index in [1.807, 2.05) is 32.0 Å². The normalized spacial score (nSPS) is 20.1. The van der Waals surface area contributed by atoms with Gasteiger partial charge in [0.2, 0.25) is 15.9 Å². The molecular weight excluding hydrogens is 276 g/mol. The highest BCUT2D eigenvalue weighted by atomic mass is 32.2. The van der Waals surface area contributed by atoms with Crippen LogP contribution in [0.5, 0.6) is 0 Å². The molecule has 20 heavy (non-hydrogen) atoms. The first kappa shape index (κ1) is 15.0. The van der Waals surface area contributed by atoms with Crippen LogP contribution in [0.3, 0.4) is 0 Å². The summed E-state index contributed by atoms with van der Waals surface area (Å²) in [7, 11) is -3.33. The number of aryl methyl sites for hydroxylation is 2. The first-order valence-corrected chi connectivity index (χ1v) is 8.49. The van der Waals surface area contributed by atoms with Gasteiger partial charge in [-0.1, -0.05) is 17.7 Å². The van der Waals surface area contributed by atoms with Crippen molar-refractivity contribution in [3.63, 3.8) is 0 Å². The summed E-state index contributed by atoms with van der Waals surface area (Å²) in [5.41, 5.74) is 2.84. The summed E-state index contributed by atoms with van der Waals surface area (Å²) in [4.78, 5) is 12.3. The van der Waals surface area contributed by atoms with E-state index in [-0.39, 0.29) is 5.91 Å². The van der Waals surface area contributed by atoms with E-state index in [1.165, 1.54) is 4.31 Å². The van der Waals surface area contributed by atoms with Crippen molar-refractivity contribution in [3.8, 4) is 0 Å². The molecule has 6 heteroatoms. The van der Waals surface area contributed by atoms with Gasteiger partial charge in [-0.3, -0.25) is 4.79 Å². The fraction of sp³-hybridized carbons (Fsp3) is 0.500. The molecule has 1 amide bonds. The van der Waals surface area contributed by atoms with Crippen molar-refractivity contribution < 1.29 is 13.2 Å². The molecule has 1 aliphatic rings. The standard InChI is InChI=1S/C14H20N2O3S/c1-10-6-7-12(11(2)9-10)15-14(17)13-5-4-8-16(13)20(3,18)19/h6-7,9,13H,4-5,8H2,1-3H3,(H,15,17)/t13-/m0/s1. The minimum absolute atomic E-state index is 0.250. The number of hydrogen-bond donors (Lipinski definition) is 1. The van der Waals surface area contributed by atoms with Crippen LogP contribution in [0.4, 0.5) is 5.69 Å². The van der Waals surface area contributed by atoms with Crippen LogP contribution in [0.1, 0.15) is 24.0 Å². The van der Waals surface area contributed by atoms with Gasteiger partial charge in [-0.15, -0.1) is 0 Å². The van der Waals surface area contributed by atoms with Crippen molar-refractivity contribution in [2.45, 2.75) is 32.7 Å². The summed E-state index contributed by atoms with van der Waals surface area (Å²) >= 11 is 0. The number of rotatable bonds is 3. The Hall–Kier alpha value is -1.40.